The summed E-state index contributed by atoms with van der Waals surface area (Å²) >= 11 is 0. The van der Waals surface area contributed by atoms with Gasteiger partial charge in [-0.25, -0.2) is 9.59 Å². The summed E-state index contributed by atoms with van der Waals surface area (Å²) in [7, 11) is 0. The lowest BCUT2D eigenvalue weighted by molar-refractivity contribution is -0.139. The normalized spacial score (nSPS) is 11.1. The van der Waals surface area contributed by atoms with Gasteiger partial charge in [-0.2, -0.15) is 0 Å². The molecule has 1 atom stereocenters. The van der Waals surface area contributed by atoms with E-state index in [4.69, 9.17) is 11.5 Å². The molecule has 0 bridgehead atoms. The first-order valence-corrected chi connectivity index (χ1v) is 5.38. The first kappa shape index (κ1) is 13.6. The van der Waals surface area contributed by atoms with Gasteiger partial charge in [-0.05, 0) is 5.56 Å². The number of amides is 2. The Morgan fingerprint density at radius 2 is 2.00 bits per heavy atom. The van der Waals surface area contributed by atoms with E-state index in [0.717, 1.165) is 5.56 Å². The molecule has 0 fully saturated rings. The molecule has 0 aliphatic rings. The van der Waals surface area contributed by atoms with Crippen molar-refractivity contribution < 1.29 is 14.7 Å². The molecule has 0 saturated carbocycles. The number of aliphatic carboxylic acids is 1. The monoisotopic (exact) mass is 246 g/mol. The van der Waals surface area contributed by atoms with Crippen LogP contribution in [-0.2, 0) is 11.2 Å². The van der Waals surface area contributed by atoms with Gasteiger partial charge in [-0.3, -0.25) is 0 Å². The minimum absolute atomic E-state index is 0.0590. The molecule has 5 heteroatoms. The Bertz CT molecular complexity index is 451. The van der Waals surface area contributed by atoms with E-state index in [-0.39, 0.29) is 13.0 Å². The van der Waals surface area contributed by atoms with Crippen LogP contribution >= 0.6 is 0 Å². The largest absolute Gasteiger partial charge is 0.480 e. The fraction of sp³-hybridized carbons (Fsp3) is 0.231. The predicted octanol–water partition coefficient (Wildman–Crippen LogP) is 0.615. The van der Waals surface area contributed by atoms with Crippen LogP contribution in [0.3, 0.4) is 0 Å². The third-order valence-corrected chi connectivity index (χ3v) is 2.24. The molecule has 94 valence electrons. The highest BCUT2D eigenvalue weighted by Crippen LogP contribution is 2.03. The molecule has 0 spiro atoms. The third kappa shape index (κ3) is 4.58. The van der Waals surface area contributed by atoms with Crippen molar-refractivity contribution in [3.63, 3.8) is 0 Å². The molecule has 0 heterocycles. The molecule has 0 aromatic heterocycles. The Morgan fingerprint density at radius 1 is 1.33 bits per heavy atom. The molecule has 0 saturated heterocycles. The fourth-order valence-electron chi connectivity index (χ4n) is 1.39. The lowest BCUT2D eigenvalue weighted by Gasteiger charge is -2.14. The average molecular weight is 246 g/mol. The van der Waals surface area contributed by atoms with Crippen LogP contribution in [0.15, 0.2) is 30.3 Å². The zero-order valence-electron chi connectivity index (χ0n) is 9.72. The zero-order chi connectivity index (χ0) is 13.4. The molecule has 0 aliphatic carbocycles. The van der Waals surface area contributed by atoms with E-state index in [9.17, 15) is 9.59 Å². The standard InChI is InChI=1S/C13H14N2O3/c1-2-8-14-13(18)15-11(12(16)17)9-10-6-4-3-5-7-10/h1,3-7,11H,8-9H2,(H,16,17)(H2,14,15,18)/t11-/m1/s1. The van der Waals surface area contributed by atoms with Crippen LogP contribution in [-0.4, -0.2) is 29.7 Å². The number of benzene rings is 1. The van der Waals surface area contributed by atoms with Crippen molar-refractivity contribution >= 4 is 12.0 Å². The lowest BCUT2D eigenvalue weighted by Crippen LogP contribution is -2.47. The lowest BCUT2D eigenvalue weighted by atomic mass is 10.1. The van der Waals surface area contributed by atoms with Gasteiger partial charge < -0.3 is 15.7 Å². The van der Waals surface area contributed by atoms with Crippen LogP contribution in [0.5, 0.6) is 0 Å². The van der Waals surface area contributed by atoms with Crippen molar-refractivity contribution in [2.24, 2.45) is 0 Å². The summed E-state index contributed by atoms with van der Waals surface area (Å²) in [5.74, 6) is 1.14. The number of urea groups is 1. The Labute approximate surface area is 105 Å². The second kappa shape index (κ2) is 6.97. The third-order valence-electron chi connectivity index (χ3n) is 2.24. The number of nitrogens with one attached hydrogen (secondary N) is 2. The van der Waals surface area contributed by atoms with E-state index >= 15 is 0 Å². The first-order chi connectivity index (χ1) is 8.63. The first-order valence-electron chi connectivity index (χ1n) is 5.38. The second-order valence-corrected chi connectivity index (χ2v) is 3.61. The van der Waals surface area contributed by atoms with Gasteiger partial charge in [-0.15, -0.1) is 6.42 Å². The van der Waals surface area contributed by atoms with Gasteiger partial charge in [0.15, 0.2) is 0 Å². The summed E-state index contributed by atoms with van der Waals surface area (Å²) < 4.78 is 0. The summed E-state index contributed by atoms with van der Waals surface area (Å²) in [6.45, 7) is 0.0590. The topological polar surface area (TPSA) is 78.4 Å². The van der Waals surface area contributed by atoms with Gasteiger partial charge in [0.25, 0.3) is 0 Å². The van der Waals surface area contributed by atoms with Gasteiger partial charge >= 0.3 is 12.0 Å². The number of carbonyl (C=O) groups is 2. The van der Waals surface area contributed by atoms with Crippen molar-refractivity contribution in [1.82, 2.24) is 10.6 Å². The Balaban J connectivity index is 2.59. The minimum Gasteiger partial charge on any atom is -0.480 e. The maximum Gasteiger partial charge on any atom is 0.326 e. The molecule has 1 aromatic carbocycles. The summed E-state index contributed by atoms with van der Waals surface area (Å²) in [6.07, 6.45) is 5.20. The summed E-state index contributed by atoms with van der Waals surface area (Å²) in [5.41, 5.74) is 0.835. The van der Waals surface area contributed by atoms with E-state index in [1.165, 1.54) is 0 Å². The van der Waals surface area contributed by atoms with Crippen molar-refractivity contribution in [3.8, 4) is 12.3 Å². The Morgan fingerprint density at radius 3 is 2.56 bits per heavy atom. The minimum atomic E-state index is -1.09. The quantitative estimate of drug-likeness (QED) is 0.666. The highest BCUT2D eigenvalue weighted by molar-refractivity contribution is 5.82. The summed E-state index contributed by atoms with van der Waals surface area (Å²) in [4.78, 5) is 22.4. The van der Waals surface area contributed by atoms with Crippen LogP contribution in [0, 0.1) is 12.3 Å². The molecule has 18 heavy (non-hydrogen) atoms. The number of hydrogen-bond acceptors (Lipinski definition) is 2. The summed E-state index contributed by atoms with van der Waals surface area (Å²) in [5, 5.41) is 13.7. The molecule has 3 N–H and O–H groups in total. The van der Waals surface area contributed by atoms with Crippen molar-refractivity contribution in [3.05, 3.63) is 35.9 Å². The number of carboxylic acids is 1. The average Bonchev–Trinajstić information content (AvgIpc) is 2.36. The van der Waals surface area contributed by atoms with E-state index in [0.29, 0.717) is 0 Å². The van der Waals surface area contributed by atoms with E-state index in [2.05, 4.69) is 16.6 Å². The molecule has 5 nitrogen and oxygen atoms in total. The highest BCUT2D eigenvalue weighted by atomic mass is 16.4. The number of hydrogen-bond donors (Lipinski definition) is 3. The maximum absolute atomic E-state index is 11.3. The van der Waals surface area contributed by atoms with E-state index < -0.39 is 18.0 Å². The Hall–Kier alpha value is -2.48. The zero-order valence-corrected chi connectivity index (χ0v) is 9.72. The van der Waals surface area contributed by atoms with E-state index in [1.54, 1.807) is 12.1 Å². The molecular weight excluding hydrogens is 232 g/mol. The number of carbonyl (C=O) groups excluding carboxylic acids is 1. The number of carboxylic acid groups (broad SMARTS) is 1. The second-order valence-electron chi connectivity index (χ2n) is 3.61. The molecule has 0 radical (unpaired) electrons. The fourth-order valence-corrected chi connectivity index (χ4v) is 1.39. The van der Waals surface area contributed by atoms with Crippen molar-refractivity contribution in [2.45, 2.75) is 12.5 Å². The van der Waals surface area contributed by atoms with Gasteiger partial charge in [0.2, 0.25) is 0 Å². The maximum atomic E-state index is 11.3. The van der Waals surface area contributed by atoms with Gasteiger partial charge in [0, 0.05) is 6.42 Å². The van der Waals surface area contributed by atoms with Crippen molar-refractivity contribution in [1.29, 1.82) is 0 Å². The van der Waals surface area contributed by atoms with Gasteiger partial charge in [0.05, 0.1) is 6.54 Å². The molecule has 1 rings (SSSR count). The molecular formula is C13H14N2O3. The molecule has 1 aromatic rings. The Kier molecular flexibility index (Phi) is 5.26. The SMILES string of the molecule is C#CCNC(=O)N[C@H](Cc1ccccc1)C(=O)O. The van der Waals surface area contributed by atoms with Crippen LogP contribution < -0.4 is 10.6 Å². The highest BCUT2D eigenvalue weighted by Gasteiger charge is 2.19. The molecule has 0 aliphatic heterocycles. The van der Waals surface area contributed by atoms with Crippen LogP contribution in [0.25, 0.3) is 0 Å². The molecule has 0 unspecified atom stereocenters. The predicted molar refractivity (Wildman–Crippen MR) is 66.9 cm³/mol. The van der Waals surface area contributed by atoms with Gasteiger partial charge in [0.1, 0.15) is 6.04 Å². The number of terminal acetylenes is 1. The van der Waals surface area contributed by atoms with Crippen molar-refractivity contribution in [2.75, 3.05) is 6.54 Å². The van der Waals surface area contributed by atoms with Crippen LogP contribution in [0.2, 0.25) is 0 Å². The summed E-state index contributed by atoms with van der Waals surface area (Å²) in [6, 6.07) is 7.50. The number of rotatable bonds is 5. The molecule has 2 amide bonds. The van der Waals surface area contributed by atoms with Gasteiger partial charge in [-0.1, -0.05) is 36.3 Å². The smallest absolute Gasteiger partial charge is 0.326 e. The van der Waals surface area contributed by atoms with Crippen LogP contribution in [0.4, 0.5) is 4.79 Å². The van der Waals surface area contributed by atoms with Crippen LogP contribution in [0.1, 0.15) is 5.56 Å². The van der Waals surface area contributed by atoms with E-state index in [1.807, 2.05) is 18.2 Å².